The van der Waals surface area contributed by atoms with Gasteiger partial charge >= 0.3 is 0 Å². The molecule has 0 aliphatic carbocycles. The molecule has 0 unspecified atom stereocenters. The number of hydrogen-bond donors (Lipinski definition) is 1. The number of carbonyl (C=O) groups is 1. The Morgan fingerprint density at radius 1 is 1.10 bits per heavy atom. The Morgan fingerprint density at radius 3 is 2.62 bits per heavy atom. The van der Waals surface area contributed by atoms with E-state index in [0.29, 0.717) is 29.6 Å². The second kappa shape index (κ2) is 7.06. The number of likely N-dealkylation sites (tertiary alicyclic amines) is 1. The topological polar surface area (TPSA) is 53.0 Å². The molecule has 1 amide bonds. The number of fused-ring (bicyclic) bond motifs is 2. The number of phenols is 1. The van der Waals surface area contributed by atoms with Crippen LogP contribution in [0.3, 0.4) is 0 Å². The van der Waals surface area contributed by atoms with Crippen LogP contribution in [0.15, 0.2) is 42.5 Å². The van der Waals surface area contributed by atoms with Crippen LogP contribution in [-0.4, -0.2) is 59.6 Å². The molecule has 4 fully saturated rings. The Bertz CT molecular complexity index is 935. The van der Waals surface area contributed by atoms with Crippen LogP contribution in [0, 0.1) is 12.8 Å². The minimum atomic E-state index is 0.0487. The number of aromatic hydroxyl groups is 1. The summed E-state index contributed by atoms with van der Waals surface area (Å²) in [7, 11) is 1.70. The fourth-order valence-electron chi connectivity index (χ4n) is 5.83. The summed E-state index contributed by atoms with van der Waals surface area (Å²) < 4.78 is 5.46. The van der Waals surface area contributed by atoms with Crippen LogP contribution < -0.4 is 4.74 Å². The number of ether oxygens (including phenoxy) is 1. The van der Waals surface area contributed by atoms with Gasteiger partial charge in [0.15, 0.2) is 0 Å². The zero-order chi connectivity index (χ0) is 20.1. The molecule has 4 saturated heterocycles. The molecule has 6 rings (SSSR count). The van der Waals surface area contributed by atoms with Gasteiger partial charge in [-0.1, -0.05) is 18.2 Å². The second-order valence-electron chi connectivity index (χ2n) is 8.64. The molecule has 5 nitrogen and oxygen atoms in total. The molecule has 0 spiro atoms. The molecule has 4 heterocycles. The van der Waals surface area contributed by atoms with E-state index >= 15 is 0 Å². The molecule has 1 N–H and O–H groups in total. The van der Waals surface area contributed by atoms with Gasteiger partial charge in [-0.25, -0.2) is 0 Å². The van der Waals surface area contributed by atoms with Crippen molar-refractivity contribution in [2.45, 2.75) is 37.8 Å². The van der Waals surface area contributed by atoms with Crippen molar-refractivity contribution in [3.63, 3.8) is 0 Å². The third-order valence-electron chi connectivity index (χ3n) is 7.31. The van der Waals surface area contributed by atoms with Crippen LogP contribution in [0.5, 0.6) is 11.5 Å². The van der Waals surface area contributed by atoms with Crippen molar-refractivity contribution in [2.24, 2.45) is 5.92 Å². The van der Waals surface area contributed by atoms with E-state index in [1.807, 2.05) is 25.1 Å². The van der Waals surface area contributed by atoms with Gasteiger partial charge in [0.25, 0.3) is 5.91 Å². The largest absolute Gasteiger partial charge is 0.508 e. The van der Waals surface area contributed by atoms with Crippen molar-refractivity contribution < 1.29 is 14.6 Å². The lowest BCUT2D eigenvalue weighted by atomic mass is 9.75. The maximum Gasteiger partial charge on any atom is 0.254 e. The number of rotatable bonds is 3. The van der Waals surface area contributed by atoms with Crippen LogP contribution in [0.4, 0.5) is 0 Å². The molecule has 3 atom stereocenters. The number of nitrogens with zero attached hydrogens (tertiary/aromatic N) is 2. The lowest BCUT2D eigenvalue weighted by Gasteiger charge is -2.51. The van der Waals surface area contributed by atoms with Crippen LogP contribution in [-0.2, 0) is 0 Å². The highest BCUT2D eigenvalue weighted by Crippen LogP contribution is 2.47. The van der Waals surface area contributed by atoms with Gasteiger partial charge in [-0.3, -0.25) is 9.69 Å². The summed E-state index contributed by atoms with van der Waals surface area (Å²) in [4.78, 5) is 18.3. The highest BCUT2D eigenvalue weighted by Gasteiger charge is 2.54. The summed E-state index contributed by atoms with van der Waals surface area (Å²) in [5, 5.41) is 10.1. The average Bonchev–Trinajstić information content (AvgIpc) is 3.19. The smallest absolute Gasteiger partial charge is 0.254 e. The van der Waals surface area contributed by atoms with Crippen molar-refractivity contribution in [1.29, 1.82) is 0 Å². The maximum atomic E-state index is 13.6. The van der Waals surface area contributed by atoms with Gasteiger partial charge in [-0.15, -0.1) is 0 Å². The fourth-order valence-corrected chi connectivity index (χ4v) is 5.83. The lowest BCUT2D eigenvalue weighted by Crippen LogP contribution is -2.60. The number of phenolic OH excluding ortho intramolecular Hbond substituents is 1. The third kappa shape index (κ3) is 2.91. The zero-order valence-electron chi connectivity index (χ0n) is 17.0. The van der Waals surface area contributed by atoms with Gasteiger partial charge in [0.05, 0.1) is 13.2 Å². The molecular weight excluding hydrogens is 364 g/mol. The minimum absolute atomic E-state index is 0.0487. The predicted molar refractivity (Wildman–Crippen MR) is 111 cm³/mol. The lowest BCUT2D eigenvalue weighted by molar-refractivity contribution is -0.00344. The van der Waals surface area contributed by atoms with Crippen molar-refractivity contribution in [2.75, 3.05) is 26.7 Å². The molecular formula is C24H28N2O3. The SMILES string of the molecule is COc1cccc([C@H]2CN(C(=O)c3cccc(O)c3C)[C@H]3C4CCN(CC4)[C@@H]23)c1. The quantitative estimate of drug-likeness (QED) is 0.870. The van der Waals surface area contributed by atoms with Gasteiger partial charge < -0.3 is 14.7 Å². The second-order valence-corrected chi connectivity index (χ2v) is 8.64. The van der Waals surface area contributed by atoms with Gasteiger partial charge in [0.1, 0.15) is 11.5 Å². The maximum absolute atomic E-state index is 13.6. The van der Waals surface area contributed by atoms with E-state index in [2.05, 4.69) is 21.9 Å². The zero-order valence-corrected chi connectivity index (χ0v) is 17.0. The van der Waals surface area contributed by atoms with E-state index in [0.717, 1.165) is 31.7 Å². The third-order valence-corrected chi connectivity index (χ3v) is 7.31. The molecule has 0 saturated carbocycles. The first-order valence-electron chi connectivity index (χ1n) is 10.6. The summed E-state index contributed by atoms with van der Waals surface area (Å²) in [5.74, 6) is 1.93. The first kappa shape index (κ1) is 18.5. The number of piperidine rings is 3. The predicted octanol–water partition coefficient (Wildman–Crippen LogP) is 3.41. The monoisotopic (exact) mass is 392 g/mol. The summed E-state index contributed by atoms with van der Waals surface area (Å²) in [6.07, 6.45) is 2.32. The molecule has 0 aromatic heterocycles. The molecule has 29 heavy (non-hydrogen) atoms. The summed E-state index contributed by atoms with van der Waals surface area (Å²) in [5.41, 5.74) is 2.53. The summed E-state index contributed by atoms with van der Waals surface area (Å²) in [6, 6.07) is 14.2. The van der Waals surface area contributed by atoms with E-state index in [4.69, 9.17) is 4.74 Å². The van der Waals surface area contributed by atoms with Gasteiger partial charge in [-0.2, -0.15) is 0 Å². The Hall–Kier alpha value is -2.53. The van der Waals surface area contributed by atoms with Gasteiger partial charge in [0.2, 0.25) is 0 Å². The van der Waals surface area contributed by atoms with Crippen molar-refractivity contribution in [1.82, 2.24) is 9.80 Å². The minimum Gasteiger partial charge on any atom is -0.508 e. The first-order chi connectivity index (χ1) is 14.1. The average molecular weight is 392 g/mol. The number of carbonyl (C=O) groups excluding carboxylic acids is 1. The fraction of sp³-hybridized carbons (Fsp3) is 0.458. The van der Waals surface area contributed by atoms with E-state index in [9.17, 15) is 9.90 Å². The molecule has 152 valence electrons. The van der Waals surface area contributed by atoms with E-state index in [1.165, 1.54) is 5.56 Å². The van der Waals surface area contributed by atoms with Crippen LogP contribution in [0.1, 0.15) is 40.2 Å². The standard InChI is InChI=1S/C24H28N2O3/c1-15-19(7-4-8-21(15)27)24(28)26-14-20(17-5-3-6-18(13-17)29-2)23-22(26)16-9-11-25(23)12-10-16/h3-8,13,16,20,22-23,27H,9-12,14H2,1-2H3/t20-,22+,23+/m1/s1. The molecule has 0 radical (unpaired) electrons. The van der Waals surface area contributed by atoms with Crippen molar-refractivity contribution >= 4 is 5.91 Å². The number of methoxy groups -OCH3 is 1. The van der Waals surface area contributed by atoms with Gasteiger partial charge in [-0.05, 0) is 68.6 Å². The van der Waals surface area contributed by atoms with Crippen LogP contribution in [0.25, 0.3) is 0 Å². The molecule has 2 aromatic rings. The summed E-state index contributed by atoms with van der Waals surface area (Å²) >= 11 is 0. The number of amides is 1. The van der Waals surface area contributed by atoms with E-state index in [-0.39, 0.29) is 23.6 Å². The highest BCUT2D eigenvalue weighted by atomic mass is 16.5. The van der Waals surface area contributed by atoms with Crippen molar-refractivity contribution in [3.8, 4) is 11.5 Å². The molecule has 5 heteroatoms. The van der Waals surface area contributed by atoms with E-state index in [1.54, 1.807) is 19.2 Å². The Balaban J connectivity index is 1.54. The Kier molecular flexibility index (Phi) is 4.50. The molecule has 2 aromatic carbocycles. The van der Waals surface area contributed by atoms with Crippen LogP contribution >= 0.6 is 0 Å². The Morgan fingerprint density at radius 2 is 1.86 bits per heavy atom. The van der Waals surface area contributed by atoms with E-state index < -0.39 is 0 Å². The molecule has 4 aliphatic heterocycles. The highest BCUT2D eigenvalue weighted by molar-refractivity contribution is 5.97. The first-order valence-corrected chi connectivity index (χ1v) is 10.6. The molecule has 2 bridgehead atoms. The number of benzene rings is 2. The van der Waals surface area contributed by atoms with Crippen molar-refractivity contribution in [3.05, 3.63) is 59.2 Å². The summed E-state index contributed by atoms with van der Waals surface area (Å²) in [6.45, 7) is 4.79. The van der Waals surface area contributed by atoms with Crippen LogP contribution in [0.2, 0.25) is 0 Å². The number of hydrogen-bond acceptors (Lipinski definition) is 4. The van der Waals surface area contributed by atoms with Gasteiger partial charge in [0, 0.05) is 29.6 Å². The Labute approximate surface area is 171 Å². The molecule has 4 aliphatic rings. The normalized spacial score (nSPS) is 30.3.